The van der Waals surface area contributed by atoms with E-state index in [0.717, 1.165) is 4.68 Å². The number of carbonyl (C=O) groups is 4. The predicted octanol–water partition coefficient (Wildman–Crippen LogP) is 7.77. The lowest BCUT2D eigenvalue weighted by Crippen LogP contribution is -2.51. The van der Waals surface area contributed by atoms with Gasteiger partial charge >= 0.3 is 18.4 Å². The Morgan fingerprint density at radius 1 is 0.847 bits per heavy atom. The molecule has 1 aliphatic heterocycles. The van der Waals surface area contributed by atoms with Gasteiger partial charge in [0.2, 0.25) is 5.75 Å². The third-order valence-corrected chi connectivity index (χ3v) is 13.1. The van der Waals surface area contributed by atoms with E-state index in [9.17, 15) is 32.3 Å². The Morgan fingerprint density at radius 2 is 1.53 bits per heavy atom. The van der Waals surface area contributed by atoms with Crippen molar-refractivity contribution < 1.29 is 65.3 Å². The fraction of sp³-hybridized carbons (Fsp3) is 0.440. The largest absolute Gasteiger partial charge is 0.493 e. The van der Waals surface area contributed by atoms with E-state index in [1.165, 1.54) is 46.6 Å². The molecule has 3 amide bonds. The molecule has 2 aromatic heterocycles. The number of primary amides is 1. The molecule has 3 aliphatic rings. The molecule has 19 nitrogen and oxygen atoms in total. The van der Waals surface area contributed by atoms with E-state index in [0.29, 0.717) is 116 Å². The number of piperazine rings is 1. The average Bonchev–Trinajstić information content (AvgIpc) is 4.00. The average molecular weight is 1000 g/mol. The van der Waals surface area contributed by atoms with Crippen molar-refractivity contribution >= 4 is 29.6 Å². The highest BCUT2D eigenvalue weighted by atomic mass is 19.4. The molecule has 0 radical (unpaired) electrons. The number of Topliss-reactive ketones (excluding diaryl/α,β-unsaturated/α-hetero) is 1. The van der Waals surface area contributed by atoms with E-state index in [-0.39, 0.29) is 47.7 Å². The van der Waals surface area contributed by atoms with Crippen LogP contribution >= 0.6 is 0 Å². The van der Waals surface area contributed by atoms with Crippen LogP contribution in [-0.2, 0) is 17.3 Å². The molecular formula is C50H57F3N8O11. The SMILES string of the molecule is COc1ccc(-c2cnoc2-c2cc(OC)c(OC)c(OC)c2)cc1OC(=O)N1CCN(CCNC(=O)OC2CCC(Nc3cc(-n4nc(C(F)(F)F)c5c4CC(C)(C)CC5=O)ccc3C(N)=O)CC2)CC1. The lowest BCUT2D eigenvalue weighted by Gasteiger charge is -2.34. The molecule has 2 fully saturated rings. The summed E-state index contributed by atoms with van der Waals surface area (Å²) in [5, 5.41) is 14.1. The molecule has 0 bridgehead atoms. The summed E-state index contributed by atoms with van der Waals surface area (Å²) >= 11 is 0. The summed E-state index contributed by atoms with van der Waals surface area (Å²) in [7, 11) is 6.04. The summed E-state index contributed by atoms with van der Waals surface area (Å²) in [6, 6.07) is 12.9. The molecule has 2 aliphatic carbocycles. The molecule has 4 N–H and O–H groups in total. The first-order chi connectivity index (χ1) is 34.4. The van der Waals surface area contributed by atoms with E-state index in [1.807, 2.05) is 13.8 Å². The summed E-state index contributed by atoms with van der Waals surface area (Å²) in [6.45, 7) is 6.31. The van der Waals surface area contributed by atoms with Gasteiger partial charge in [-0.25, -0.2) is 14.3 Å². The maximum absolute atomic E-state index is 14.1. The summed E-state index contributed by atoms with van der Waals surface area (Å²) < 4.78 is 82.9. The van der Waals surface area contributed by atoms with Crippen LogP contribution in [0.2, 0.25) is 0 Å². The Morgan fingerprint density at radius 3 is 2.17 bits per heavy atom. The summed E-state index contributed by atoms with van der Waals surface area (Å²) in [5.41, 5.74) is 6.21. The topological polar surface area (TPSA) is 224 Å². The van der Waals surface area contributed by atoms with Gasteiger partial charge in [-0.15, -0.1) is 0 Å². The van der Waals surface area contributed by atoms with Crippen molar-refractivity contribution in [3.8, 4) is 56.9 Å². The van der Waals surface area contributed by atoms with Gasteiger partial charge in [-0.2, -0.15) is 18.3 Å². The monoisotopic (exact) mass is 1000 g/mol. The number of amides is 3. The van der Waals surface area contributed by atoms with Crippen LogP contribution in [0.1, 0.15) is 78.1 Å². The lowest BCUT2D eigenvalue weighted by molar-refractivity contribution is -0.141. The van der Waals surface area contributed by atoms with E-state index in [2.05, 4.69) is 25.8 Å². The van der Waals surface area contributed by atoms with Crippen LogP contribution in [0.3, 0.4) is 0 Å². The summed E-state index contributed by atoms with van der Waals surface area (Å²) in [6.07, 6.45) is -2.46. The van der Waals surface area contributed by atoms with Gasteiger partial charge < -0.3 is 54.2 Å². The van der Waals surface area contributed by atoms with Gasteiger partial charge in [-0.3, -0.25) is 14.5 Å². The van der Waals surface area contributed by atoms with Crippen molar-refractivity contribution in [2.75, 3.05) is 73.0 Å². The van der Waals surface area contributed by atoms with Crippen molar-refractivity contribution in [3.63, 3.8) is 0 Å². The summed E-state index contributed by atoms with van der Waals surface area (Å²) in [4.78, 5) is 55.5. The molecule has 8 rings (SSSR count). The second-order valence-electron chi connectivity index (χ2n) is 18.6. The van der Waals surface area contributed by atoms with Gasteiger partial charge in [-0.1, -0.05) is 25.1 Å². The number of ketones is 1. The first-order valence-corrected chi connectivity index (χ1v) is 23.4. The van der Waals surface area contributed by atoms with E-state index in [4.69, 9.17) is 38.7 Å². The fourth-order valence-corrected chi connectivity index (χ4v) is 9.51. The van der Waals surface area contributed by atoms with Crippen LogP contribution < -0.4 is 40.1 Å². The number of alkyl carbamates (subject to hydrolysis) is 1. The highest BCUT2D eigenvalue weighted by molar-refractivity contribution is 6.01. The number of hydrogen-bond acceptors (Lipinski definition) is 15. The number of carbonyl (C=O) groups excluding carboxylic acids is 4. The van der Waals surface area contributed by atoms with Gasteiger partial charge in [0.1, 0.15) is 6.10 Å². The first-order valence-electron chi connectivity index (χ1n) is 23.4. The van der Waals surface area contributed by atoms with E-state index < -0.39 is 46.7 Å². The van der Waals surface area contributed by atoms with Gasteiger partial charge in [0.25, 0.3) is 5.91 Å². The summed E-state index contributed by atoms with van der Waals surface area (Å²) in [5.74, 6) is 0.918. The Bertz CT molecular complexity index is 2810. The number of aromatic nitrogens is 3. The molecule has 72 heavy (non-hydrogen) atoms. The zero-order valence-corrected chi connectivity index (χ0v) is 40.8. The molecule has 3 aromatic carbocycles. The van der Waals surface area contributed by atoms with E-state index >= 15 is 0 Å². The lowest BCUT2D eigenvalue weighted by atomic mass is 9.75. The van der Waals surface area contributed by atoms with Crippen molar-refractivity contribution in [3.05, 3.63) is 77.2 Å². The molecule has 0 atom stereocenters. The van der Waals surface area contributed by atoms with Gasteiger partial charge in [0, 0.05) is 68.5 Å². The zero-order valence-electron chi connectivity index (χ0n) is 40.8. The Labute approximate surface area is 412 Å². The fourth-order valence-electron chi connectivity index (χ4n) is 9.51. The quantitative estimate of drug-likeness (QED) is 0.0911. The molecule has 0 spiro atoms. The second kappa shape index (κ2) is 21.1. The van der Waals surface area contributed by atoms with Crippen LogP contribution in [0.4, 0.5) is 28.4 Å². The normalized spacial score (nSPS) is 17.9. The number of nitrogens with one attached hydrogen (secondary N) is 2. The number of nitrogens with two attached hydrogens (primary N) is 1. The highest BCUT2D eigenvalue weighted by Gasteiger charge is 2.45. The number of ether oxygens (including phenoxy) is 6. The van der Waals surface area contributed by atoms with Gasteiger partial charge in [0.15, 0.2) is 40.2 Å². The maximum atomic E-state index is 14.1. The minimum Gasteiger partial charge on any atom is -0.493 e. The molecule has 3 heterocycles. The van der Waals surface area contributed by atoms with Crippen molar-refractivity contribution in [1.82, 2.24) is 30.1 Å². The molecule has 1 saturated heterocycles. The van der Waals surface area contributed by atoms with Crippen LogP contribution in [-0.4, -0.2) is 128 Å². The third kappa shape index (κ3) is 11.0. The van der Waals surface area contributed by atoms with Gasteiger partial charge in [0.05, 0.1) is 57.1 Å². The number of anilines is 1. The minimum atomic E-state index is -4.85. The zero-order chi connectivity index (χ0) is 51.5. The van der Waals surface area contributed by atoms with Crippen molar-refractivity contribution in [2.45, 2.75) is 70.7 Å². The Balaban J connectivity index is 0.801. The number of alkyl halides is 3. The molecule has 384 valence electrons. The molecule has 22 heteroatoms. The highest BCUT2D eigenvalue weighted by Crippen LogP contribution is 2.45. The second-order valence-corrected chi connectivity index (χ2v) is 18.6. The van der Waals surface area contributed by atoms with Crippen molar-refractivity contribution in [1.29, 1.82) is 0 Å². The Kier molecular flexibility index (Phi) is 14.9. The molecule has 0 unspecified atom stereocenters. The van der Waals surface area contributed by atoms with Crippen LogP contribution in [0.25, 0.3) is 28.1 Å². The first kappa shape index (κ1) is 50.9. The van der Waals surface area contributed by atoms with Crippen LogP contribution in [0.15, 0.2) is 59.3 Å². The van der Waals surface area contributed by atoms with E-state index in [1.54, 1.807) is 41.4 Å². The molecule has 1 saturated carbocycles. The van der Waals surface area contributed by atoms with Crippen LogP contribution in [0.5, 0.6) is 28.7 Å². The third-order valence-electron chi connectivity index (χ3n) is 13.1. The number of rotatable bonds is 15. The number of fused-ring (bicyclic) bond motifs is 1. The predicted molar refractivity (Wildman–Crippen MR) is 255 cm³/mol. The smallest absolute Gasteiger partial charge is 0.435 e. The Hall–Kier alpha value is -7.49. The number of methoxy groups -OCH3 is 4. The number of benzene rings is 3. The molecule has 5 aromatic rings. The van der Waals surface area contributed by atoms with Crippen molar-refractivity contribution in [2.24, 2.45) is 11.1 Å². The van der Waals surface area contributed by atoms with Crippen LogP contribution in [0, 0.1) is 5.41 Å². The molecular weight excluding hydrogens is 946 g/mol. The van der Waals surface area contributed by atoms with Gasteiger partial charge in [-0.05, 0) is 85.5 Å². The standard InChI is InChI=1S/C50H57F3N8O11/c1-49(2)25-36-42(37(62)26-49)45(50(51,52)53)58-61(36)31-10-13-33(46(54)63)35(24-31)57-30-8-11-32(12-9-30)70-47(64)55-15-16-59-17-19-60(20-18-59)48(65)71-39-21-28(7-14-38(39)66-3)34-27-56-72-43(34)29-22-40(67-4)44(69-6)41(23-29)68-5/h7,10,13-14,21-24,27,30,32,57H,8-9,11-12,15-20,25-26H2,1-6H3,(H2,54,63)(H,55,64). The maximum Gasteiger partial charge on any atom is 0.435 e. The minimum absolute atomic E-state index is 0.0389. The number of halogens is 3. The number of hydrogen-bond donors (Lipinski definition) is 3. The number of nitrogens with zero attached hydrogens (tertiary/aromatic N) is 5.